The highest BCUT2D eigenvalue weighted by Gasteiger charge is 2.43. The lowest BCUT2D eigenvalue weighted by molar-refractivity contribution is -0.0607. The Morgan fingerprint density at radius 2 is 1.90 bits per heavy atom. The van der Waals surface area contributed by atoms with Gasteiger partial charge in [0.2, 0.25) is 0 Å². The normalized spacial score (nSPS) is 20.3. The van der Waals surface area contributed by atoms with Crippen LogP contribution < -0.4 is 4.74 Å². The van der Waals surface area contributed by atoms with Crippen molar-refractivity contribution in [3.63, 3.8) is 0 Å². The van der Waals surface area contributed by atoms with E-state index in [0.29, 0.717) is 25.8 Å². The zero-order valence-corrected chi connectivity index (χ0v) is 16.4. The fourth-order valence-electron chi connectivity index (χ4n) is 3.90. The van der Waals surface area contributed by atoms with Crippen molar-refractivity contribution in [2.75, 3.05) is 6.54 Å². The predicted octanol–water partition coefficient (Wildman–Crippen LogP) is 6.05. The first-order valence-corrected chi connectivity index (χ1v) is 9.70. The van der Waals surface area contributed by atoms with Crippen molar-refractivity contribution in [2.24, 2.45) is 0 Å². The summed E-state index contributed by atoms with van der Waals surface area (Å²) < 4.78 is 35.1. The molecule has 1 aliphatic rings. The van der Waals surface area contributed by atoms with Gasteiger partial charge in [0.15, 0.2) is 0 Å². The maximum Gasteiger partial charge on any atom is 0.411 e. The number of halogens is 2. The van der Waals surface area contributed by atoms with Crippen LogP contribution in [0.2, 0.25) is 0 Å². The van der Waals surface area contributed by atoms with E-state index in [1.54, 1.807) is 23.1 Å². The lowest BCUT2D eigenvalue weighted by Gasteiger charge is -2.43. The molecule has 0 aromatic heterocycles. The van der Waals surface area contributed by atoms with Gasteiger partial charge in [0.25, 0.3) is 0 Å². The molecule has 1 unspecified atom stereocenters. The standard InChI is InChI=1S/C23H25F2NO3/c1-3-14-23(18-8-6-5-7-9-18)15-16-26(22(27)29-23)20(4-2)17-10-12-19(13-11-17)28-21(24)25/h3,5-13,20-21H,1,4,14-16H2,2H3/t20-,23?/m0/s1. The van der Waals surface area contributed by atoms with Gasteiger partial charge < -0.3 is 14.4 Å². The molecule has 154 valence electrons. The third-order valence-electron chi connectivity index (χ3n) is 5.30. The van der Waals surface area contributed by atoms with Crippen LogP contribution in [0.5, 0.6) is 5.75 Å². The molecule has 29 heavy (non-hydrogen) atoms. The zero-order valence-electron chi connectivity index (χ0n) is 16.4. The van der Waals surface area contributed by atoms with Gasteiger partial charge in [-0.15, -0.1) is 6.58 Å². The quantitative estimate of drug-likeness (QED) is 0.505. The van der Waals surface area contributed by atoms with Gasteiger partial charge in [-0.1, -0.05) is 55.5 Å². The van der Waals surface area contributed by atoms with Crippen molar-refractivity contribution in [1.82, 2.24) is 4.90 Å². The van der Waals surface area contributed by atoms with Gasteiger partial charge in [-0.3, -0.25) is 0 Å². The largest absolute Gasteiger partial charge is 0.437 e. The van der Waals surface area contributed by atoms with Crippen LogP contribution in [0.4, 0.5) is 13.6 Å². The lowest BCUT2D eigenvalue weighted by Crippen LogP contribution is -2.49. The number of hydrogen-bond acceptors (Lipinski definition) is 3. The summed E-state index contributed by atoms with van der Waals surface area (Å²) in [6.45, 7) is 3.46. The fraction of sp³-hybridized carbons (Fsp3) is 0.348. The van der Waals surface area contributed by atoms with Gasteiger partial charge >= 0.3 is 12.7 Å². The van der Waals surface area contributed by atoms with Crippen LogP contribution in [0, 0.1) is 0 Å². The van der Waals surface area contributed by atoms with Crippen molar-refractivity contribution in [1.29, 1.82) is 0 Å². The van der Waals surface area contributed by atoms with Gasteiger partial charge in [-0.25, -0.2) is 4.79 Å². The zero-order chi connectivity index (χ0) is 20.9. The summed E-state index contributed by atoms with van der Waals surface area (Å²) in [5, 5.41) is 0. The Balaban J connectivity index is 1.79. The molecule has 3 rings (SSSR count). The average Bonchev–Trinajstić information content (AvgIpc) is 2.72. The summed E-state index contributed by atoms with van der Waals surface area (Å²) in [5.74, 6) is 0.0916. The minimum Gasteiger partial charge on any atom is -0.437 e. The molecular weight excluding hydrogens is 376 g/mol. The summed E-state index contributed by atoms with van der Waals surface area (Å²) in [5.41, 5.74) is 1.08. The maximum absolute atomic E-state index is 13.0. The number of benzene rings is 2. The van der Waals surface area contributed by atoms with Gasteiger partial charge in [-0.2, -0.15) is 8.78 Å². The van der Waals surface area contributed by atoms with E-state index in [1.165, 1.54) is 12.1 Å². The van der Waals surface area contributed by atoms with E-state index in [2.05, 4.69) is 11.3 Å². The summed E-state index contributed by atoms with van der Waals surface area (Å²) in [6.07, 6.45) is 3.23. The molecule has 2 aromatic rings. The van der Waals surface area contributed by atoms with Gasteiger partial charge in [0.1, 0.15) is 11.4 Å². The van der Waals surface area contributed by atoms with E-state index >= 15 is 0 Å². The first-order chi connectivity index (χ1) is 14.0. The smallest absolute Gasteiger partial charge is 0.411 e. The van der Waals surface area contributed by atoms with Crippen LogP contribution in [0.15, 0.2) is 67.3 Å². The Bertz CT molecular complexity index is 826. The van der Waals surface area contributed by atoms with Crippen molar-refractivity contribution in [3.8, 4) is 5.75 Å². The van der Waals surface area contributed by atoms with Crippen LogP contribution in [0.3, 0.4) is 0 Å². The number of amides is 1. The second-order valence-corrected chi connectivity index (χ2v) is 7.04. The number of carbonyl (C=O) groups excluding carboxylic acids is 1. The molecule has 0 N–H and O–H groups in total. The molecule has 2 atom stereocenters. The highest BCUT2D eigenvalue weighted by Crippen LogP contribution is 2.40. The van der Waals surface area contributed by atoms with Crippen LogP contribution in [0.25, 0.3) is 0 Å². The minimum absolute atomic E-state index is 0.0916. The van der Waals surface area contributed by atoms with E-state index in [4.69, 9.17) is 4.74 Å². The van der Waals surface area contributed by atoms with Gasteiger partial charge in [-0.05, 0) is 29.7 Å². The fourth-order valence-corrected chi connectivity index (χ4v) is 3.90. The molecular formula is C23H25F2NO3. The Morgan fingerprint density at radius 1 is 1.21 bits per heavy atom. The number of alkyl halides is 2. The second-order valence-electron chi connectivity index (χ2n) is 7.04. The van der Waals surface area contributed by atoms with E-state index in [-0.39, 0.29) is 17.9 Å². The lowest BCUT2D eigenvalue weighted by atomic mass is 9.85. The van der Waals surface area contributed by atoms with Crippen molar-refractivity contribution < 1.29 is 23.0 Å². The maximum atomic E-state index is 13.0. The van der Waals surface area contributed by atoms with E-state index in [0.717, 1.165) is 11.1 Å². The first-order valence-electron chi connectivity index (χ1n) is 9.70. The monoisotopic (exact) mass is 401 g/mol. The Kier molecular flexibility index (Phi) is 6.52. The average molecular weight is 401 g/mol. The molecule has 0 bridgehead atoms. The van der Waals surface area contributed by atoms with E-state index in [9.17, 15) is 13.6 Å². The number of nitrogens with zero attached hydrogens (tertiary/aromatic N) is 1. The van der Waals surface area contributed by atoms with Crippen molar-refractivity contribution in [2.45, 2.75) is 44.4 Å². The molecule has 4 nitrogen and oxygen atoms in total. The number of hydrogen-bond donors (Lipinski definition) is 0. The number of ether oxygens (including phenoxy) is 2. The third kappa shape index (κ3) is 4.58. The topological polar surface area (TPSA) is 38.8 Å². The summed E-state index contributed by atoms with van der Waals surface area (Å²) >= 11 is 0. The molecule has 2 aromatic carbocycles. The Labute approximate surface area is 169 Å². The molecule has 1 heterocycles. The minimum atomic E-state index is -2.86. The SMILES string of the molecule is C=CCC1(c2ccccc2)CCN([C@@H](CC)c2ccc(OC(F)F)cc2)C(=O)O1. The third-order valence-corrected chi connectivity index (χ3v) is 5.30. The summed E-state index contributed by atoms with van der Waals surface area (Å²) in [7, 11) is 0. The van der Waals surface area contributed by atoms with Crippen LogP contribution in [0.1, 0.15) is 43.4 Å². The Hall–Kier alpha value is -2.89. The molecule has 1 aliphatic heterocycles. The van der Waals surface area contributed by atoms with Crippen LogP contribution in [-0.2, 0) is 10.3 Å². The highest BCUT2D eigenvalue weighted by atomic mass is 19.3. The molecule has 1 fully saturated rings. The molecule has 0 spiro atoms. The van der Waals surface area contributed by atoms with E-state index in [1.807, 2.05) is 37.3 Å². The van der Waals surface area contributed by atoms with Crippen LogP contribution in [-0.4, -0.2) is 24.1 Å². The molecule has 6 heteroatoms. The van der Waals surface area contributed by atoms with Gasteiger partial charge in [0, 0.05) is 19.4 Å². The van der Waals surface area contributed by atoms with Crippen LogP contribution >= 0.6 is 0 Å². The first kappa shape index (κ1) is 20.8. The highest BCUT2D eigenvalue weighted by molar-refractivity contribution is 5.70. The summed E-state index contributed by atoms with van der Waals surface area (Å²) in [4.78, 5) is 14.7. The van der Waals surface area contributed by atoms with Gasteiger partial charge in [0.05, 0.1) is 6.04 Å². The molecule has 1 amide bonds. The number of carbonyl (C=O) groups is 1. The molecule has 0 aliphatic carbocycles. The predicted molar refractivity (Wildman–Crippen MR) is 107 cm³/mol. The summed E-state index contributed by atoms with van der Waals surface area (Å²) in [6, 6.07) is 15.9. The van der Waals surface area contributed by atoms with Crippen molar-refractivity contribution in [3.05, 3.63) is 78.4 Å². The van der Waals surface area contributed by atoms with Crippen molar-refractivity contribution >= 4 is 6.09 Å². The molecule has 1 saturated heterocycles. The Morgan fingerprint density at radius 3 is 2.45 bits per heavy atom. The number of rotatable bonds is 8. The molecule has 0 radical (unpaired) electrons. The second kappa shape index (κ2) is 9.07. The number of cyclic esters (lactones) is 1. The molecule has 0 saturated carbocycles. The van der Waals surface area contributed by atoms with E-state index < -0.39 is 12.2 Å².